The SMILES string of the molecule is COc1ccc(F)cc1C(=O)CSc1ccoc1C. The second-order valence-corrected chi connectivity index (χ2v) is 4.91. The number of rotatable bonds is 5. The molecule has 19 heavy (non-hydrogen) atoms. The number of furan rings is 1. The zero-order valence-corrected chi connectivity index (χ0v) is 11.4. The number of hydrogen-bond acceptors (Lipinski definition) is 4. The van der Waals surface area contributed by atoms with Crippen molar-refractivity contribution in [3.8, 4) is 5.75 Å². The fourth-order valence-corrected chi connectivity index (χ4v) is 2.49. The van der Waals surface area contributed by atoms with Crippen LogP contribution in [0.1, 0.15) is 16.1 Å². The molecule has 3 nitrogen and oxygen atoms in total. The molecule has 0 aliphatic carbocycles. The van der Waals surface area contributed by atoms with Crippen LogP contribution in [0.5, 0.6) is 5.75 Å². The summed E-state index contributed by atoms with van der Waals surface area (Å²) in [6.45, 7) is 1.83. The molecule has 0 bridgehead atoms. The van der Waals surface area contributed by atoms with Crippen LogP contribution in [0.25, 0.3) is 0 Å². The van der Waals surface area contributed by atoms with Gasteiger partial charge in [0.25, 0.3) is 0 Å². The maximum Gasteiger partial charge on any atom is 0.176 e. The molecule has 1 heterocycles. The fourth-order valence-electron chi connectivity index (χ4n) is 1.64. The van der Waals surface area contributed by atoms with Crippen LogP contribution in [-0.2, 0) is 0 Å². The highest BCUT2D eigenvalue weighted by atomic mass is 32.2. The van der Waals surface area contributed by atoms with Gasteiger partial charge in [-0.3, -0.25) is 4.79 Å². The molecule has 2 aromatic rings. The predicted octanol–water partition coefficient (Wildman–Crippen LogP) is 3.71. The van der Waals surface area contributed by atoms with E-state index in [0.29, 0.717) is 5.75 Å². The fraction of sp³-hybridized carbons (Fsp3) is 0.214. The number of thioether (sulfide) groups is 1. The Bertz CT molecular complexity index is 592. The van der Waals surface area contributed by atoms with Gasteiger partial charge in [-0.15, -0.1) is 11.8 Å². The molecule has 0 saturated carbocycles. The van der Waals surface area contributed by atoms with Crippen molar-refractivity contribution in [2.45, 2.75) is 11.8 Å². The van der Waals surface area contributed by atoms with Crippen molar-refractivity contribution in [1.29, 1.82) is 0 Å². The number of Topliss-reactive ketones (excluding diaryl/α,β-unsaturated/α-hetero) is 1. The van der Waals surface area contributed by atoms with Crippen LogP contribution in [0.4, 0.5) is 4.39 Å². The average Bonchev–Trinajstić information content (AvgIpc) is 2.81. The van der Waals surface area contributed by atoms with Crippen molar-refractivity contribution in [2.75, 3.05) is 12.9 Å². The zero-order valence-electron chi connectivity index (χ0n) is 10.6. The third-order valence-corrected chi connectivity index (χ3v) is 3.77. The Labute approximate surface area is 114 Å². The van der Waals surface area contributed by atoms with Crippen molar-refractivity contribution in [3.05, 3.63) is 47.7 Å². The summed E-state index contributed by atoms with van der Waals surface area (Å²) < 4.78 is 23.4. The standard InChI is InChI=1S/C14H13FO3S/c1-9-14(5-6-18-9)19-8-12(16)11-7-10(15)3-4-13(11)17-2/h3-7H,8H2,1-2H3. The highest BCUT2D eigenvalue weighted by Gasteiger charge is 2.14. The van der Waals surface area contributed by atoms with Crippen molar-refractivity contribution in [3.63, 3.8) is 0 Å². The van der Waals surface area contributed by atoms with Crippen LogP contribution in [0, 0.1) is 12.7 Å². The Morgan fingerprint density at radius 3 is 2.84 bits per heavy atom. The van der Waals surface area contributed by atoms with Crippen molar-refractivity contribution in [1.82, 2.24) is 0 Å². The summed E-state index contributed by atoms with van der Waals surface area (Å²) in [5.74, 6) is 0.732. The monoisotopic (exact) mass is 280 g/mol. The lowest BCUT2D eigenvalue weighted by molar-refractivity contribution is 0.101. The van der Waals surface area contributed by atoms with Crippen LogP contribution in [0.2, 0.25) is 0 Å². The van der Waals surface area contributed by atoms with Gasteiger partial charge in [0, 0.05) is 4.90 Å². The third-order valence-electron chi connectivity index (χ3n) is 2.63. The molecule has 0 aliphatic heterocycles. The van der Waals surface area contributed by atoms with Crippen molar-refractivity contribution in [2.24, 2.45) is 0 Å². The average molecular weight is 280 g/mol. The molecule has 1 aromatic carbocycles. The molecule has 1 aromatic heterocycles. The topological polar surface area (TPSA) is 39.4 Å². The zero-order chi connectivity index (χ0) is 13.8. The molecule has 0 fully saturated rings. The van der Waals surface area contributed by atoms with E-state index >= 15 is 0 Å². The summed E-state index contributed by atoms with van der Waals surface area (Å²) >= 11 is 1.36. The van der Waals surface area contributed by atoms with E-state index in [-0.39, 0.29) is 17.1 Å². The number of ether oxygens (including phenoxy) is 1. The van der Waals surface area contributed by atoms with Gasteiger partial charge in [-0.05, 0) is 31.2 Å². The molecular weight excluding hydrogens is 267 g/mol. The Morgan fingerprint density at radius 1 is 1.42 bits per heavy atom. The molecule has 0 atom stereocenters. The van der Waals surface area contributed by atoms with Gasteiger partial charge < -0.3 is 9.15 Å². The minimum Gasteiger partial charge on any atom is -0.496 e. The molecule has 0 spiro atoms. The van der Waals surface area contributed by atoms with E-state index < -0.39 is 5.82 Å². The Balaban J connectivity index is 2.12. The van der Waals surface area contributed by atoms with Crippen molar-refractivity contribution < 1.29 is 18.3 Å². The molecule has 0 radical (unpaired) electrons. The summed E-state index contributed by atoms with van der Waals surface area (Å²) in [6.07, 6.45) is 1.57. The summed E-state index contributed by atoms with van der Waals surface area (Å²) in [5.41, 5.74) is 0.260. The molecule has 0 amide bonds. The van der Waals surface area contributed by atoms with Crippen LogP contribution in [0.15, 0.2) is 39.8 Å². The molecule has 100 valence electrons. The van der Waals surface area contributed by atoms with E-state index in [0.717, 1.165) is 10.7 Å². The lowest BCUT2D eigenvalue weighted by Gasteiger charge is -2.07. The third kappa shape index (κ3) is 3.17. The highest BCUT2D eigenvalue weighted by Crippen LogP contribution is 2.26. The van der Waals surface area contributed by atoms with Crippen LogP contribution < -0.4 is 4.74 Å². The minimum atomic E-state index is -0.450. The Hall–Kier alpha value is -1.75. The van der Waals surface area contributed by atoms with Crippen LogP contribution >= 0.6 is 11.8 Å². The number of benzene rings is 1. The van der Waals surface area contributed by atoms with Crippen molar-refractivity contribution >= 4 is 17.5 Å². The first-order chi connectivity index (χ1) is 9.11. The molecular formula is C14H13FO3S. The summed E-state index contributed by atoms with van der Waals surface area (Å²) in [4.78, 5) is 13.0. The van der Waals surface area contributed by atoms with E-state index in [9.17, 15) is 9.18 Å². The first-order valence-electron chi connectivity index (χ1n) is 5.65. The number of halogens is 1. The molecule has 0 aliphatic rings. The first kappa shape index (κ1) is 13.7. The smallest absolute Gasteiger partial charge is 0.176 e. The second kappa shape index (κ2) is 5.93. The first-order valence-corrected chi connectivity index (χ1v) is 6.64. The number of carbonyl (C=O) groups excluding carboxylic acids is 1. The largest absolute Gasteiger partial charge is 0.496 e. The Kier molecular flexibility index (Phi) is 4.27. The van der Waals surface area contributed by atoms with Gasteiger partial charge in [0.2, 0.25) is 0 Å². The summed E-state index contributed by atoms with van der Waals surface area (Å²) in [5, 5.41) is 0. The molecule has 5 heteroatoms. The van der Waals surface area contributed by atoms with Crippen LogP contribution in [0.3, 0.4) is 0 Å². The number of aryl methyl sites for hydroxylation is 1. The molecule has 0 N–H and O–H groups in total. The van der Waals surface area contributed by atoms with E-state index in [1.807, 2.05) is 6.92 Å². The van der Waals surface area contributed by atoms with Gasteiger partial charge in [0.1, 0.15) is 17.3 Å². The maximum atomic E-state index is 13.2. The van der Waals surface area contributed by atoms with Gasteiger partial charge >= 0.3 is 0 Å². The number of ketones is 1. The van der Waals surface area contributed by atoms with Gasteiger partial charge in [0.15, 0.2) is 5.78 Å². The summed E-state index contributed by atoms with van der Waals surface area (Å²) in [6, 6.07) is 5.72. The Morgan fingerprint density at radius 2 is 2.21 bits per heavy atom. The van der Waals surface area contributed by atoms with E-state index in [1.54, 1.807) is 12.3 Å². The predicted molar refractivity (Wildman–Crippen MR) is 71.5 cm³/mol. The quantitative estimate of drug-likeness (QED) is 0.618. The lowest BCUT2D eigenvalue weighted by atomic mass is 10.1. The molecule has 0 saturated heterocycles. The van der Waals surface area contributed by atoms with Gasteiger partial charge in [0.05, 0.1) is 24.7 Å². The normalized spacial score (nSPS) is 10.5. The maximum absolute atomic E-state index is 13.2. The molecule has 2 rings (SSSR count). The highest BCUT2D eigenvalue weighted by molar-refractivity contribution is 8.00. The second-order valence-electron chi connectivity index (χ2n) is 3.90. The number of carbonyl (C=O) groups is 1. The van der Waals surface area contributed by atoms with E-state index in [1.165, 1.54) is 37.1 Å². The van der Waals surface area contributed by atoms with E-state index in [2.05, 4.69) is 0 Å². The number of methoxy groups -OCH3 is 1. The lowest BCUT2D eigenvalue weighted by Crippen LogP contribution is -2.05. The van der Waals surface area contributed by atoms with E-state index in [4.69, 9.17) is 9.15 Å². The number of hydrogen-bond donors (Lipinski definition) is 0. The molecule has 0 unspecified atom stereocenters. The minimum absolute atomic E-state index is 0.179. The van der Waals surface area contributed by atoms with Gasteiger partial charge in [-0.1, -0.05) is 0 Å². The van der Waals surface area contributed by atoms with Crippen LogP contribution in [-0.4, -0.2) is 18.6 Å². The summed E-state index contributed by atoms with van der Waals surface area (Å²) in [7, 11) is 1.46. The van der Waals surface area contributed by atoms with Gasteiger partial charge in [-0.2, -0.15) is 0 Å². The van der Waals surface area contributed by atoms with Gasteiger partial charge in [-0.25, -0.2) is 4.39 Å².